The van der Waals surface area contributed by atoms with E-state index < -0.39 is 0 Å². The van der Waals surface area contributed by atoms with E-state index in [1.165, 1.54) is 60.8 Å². The van der Waals surface area contributed by atoms with Gasteiger partial charge in [0.1, 0.15) is 7.28 Å². The molecule has 0 fully saturated rings. The van der Waals surface area contributed by atoms with E-state index in [1.54, 1.807) is 0 Å². The van der Waals surface area contributed by atoms with Crippen molar-refractivity contribution in [1.29, 1.82) is 0 Å². The Morgan fingerprint density at radius 1 is 1.07 bits per heavy atom. The first kappa shape index (κ1) is 12.7. The molecule has 0 aliphatic rings. The van der Waals surface area contributed by atoms with Crippen LogP contribution in [0.4, 0.5) is 0 Å². The second-order valence-corrected chi connectivity index (χ2v) is 4.36. The van der Waals surface area contributed by atoms with Crippen LogP contribution in [0, 0.1) is 0 Å². The van der Waals surface area contributed by atoms with Crippen molar-refractivity contribution in [2.45, 2.75) is 12.5 Å². The van der Waals surface area contributed by atoms with Crippen molar-refractivity contribution in [3.63, 3.8) is 0 Å². The Kier molecular flexibility index (Phi) is 7.60. The molecule has 0 saturated heterocycles. The minimum atomic E-state index is 0. The van der Waals surface area contributed by atoms with Crippen LogP contribution in [0.2, 0.25) is 6.22 Å². The van der Waals surface area contributed by atoms with E-state index in [0.29, 0.717) is 0 Å². The van der Waals surface area contributed by atoms with Crippen molar-refractivity contribution < 1.29 is 17.1 Å². The van der Waals surface area contributed by atoms with Gasteiger partial charge in [-0.05, 0) is 0 Å². The molecule has 7 heteroatoms. The summed E-state index contributed by atoms with van der Waals surface area (Å²) < 4.78 is 0. The van der Waals surface area contributed by atoms with Gasteiger partial charge in [0.2, 0.25) is 0 Å². The molecule has 0 aliphatic heterocycles. The second kappa shape index (κ2) is 8.94. The molecule has 0 bridgehead atoms. The van der Waals surface area contributed by atoms with Crippen molar-refractivity contribution in [3.05, 3.63) is 35.9 Å². The van der Waals surface area contributed by atoms with Gasteiger partial charge >= 0.3 is 0 Å². The fourth-order valence-electron chi connectivity index (χ4n) is 1.93. The van der Waals surface area contributed by atoms with Crippen LogP contribution >= 0.6 is 0 Å². The van der Waals surface area contributed by atoms with Crippen molar-refractivity contribution in [1.82, 2.24) is 0 Å². The van der Waals surface area contributed by atoms with Gasteiger partial charge in [-0.15, -0.1) is 6.22 Å². The topological polar surface area (TPSA) is 0 Å². The molecule has 1 rings (SSSR count). The Bertz CT molecular complexity index is 267. The van der Waals surface area contributed by atoms with E-state index >= 15 is 0 Å². The smallest absolute Gasteiger partial charge is 0.108 e. The van der Waals surface area contributed by atoms with Crippen molar-refractivity contribution >= 4 is 50.4 Å². The van der Waals surface area contributed by atoms with E-state index in [1.807, 2.05) is 0 Å². The van der Waals surface area contributed by atoms with E-state index in [2.05, 4.69) is 38.1 Å². The van der Waals surface area contributed by atoms with Gasteiger partial charge in [-0.25, -0.2) is 0 Å². The highest BCUT2D eigenvalue weighted by Gasteiger charge is 1.98. The lowest BCUT2D eigenvalue weighted by molar-refractivity contribution is 1.38. The Morgan fingerprint density at radius 2 is 1.87 bits per heavy atom. The molecule has 0 nitrogen and oxygen atoms in total. The van der Waals surface area contributed by atoms with Crippen molar-refractivity contribution in [2.24, 2.45) is 0 Å². The zero-order valence-electron chi connectivity index (χ0n) is 10.0. The molecule has 0 aromatic heterocycles. The molecule has 0 N–H and O–H groups in total. The zero-order chi connectivity index (χ0) is 10.8. The largest absolute Gasteiger partial charge is 0.117 e. The quantitative estimate of drug-likeness (QED) is 0.431. The summed E-state index contributed by atoms with van der Waals surface area (Å²) in [7, 11) is 10.7. The molecule has 0 atom stereocenters. The fraction of sp³-hybridized carbons (Fsp3) is 0.250. The first-order chi connectivity index (χ1) is 7.43. The summed E-state index contributed by atoms with van der Waals surface area (Å²) in [5, 5.41) is 0. The molecular formula is C8H41B7. The third-order valence-corrected chi connectivity index (χ3v) is 2.91. The Balaban J connectivity index is -0.0000000187. The number of hydrogen-bond donors (Lipinski definition) is 0. The maximum Gasteiger partial charge on any atom is 0.117 e. The predicted octanol–water partition coefficient (Wildman–Crippen LogP) is 0.341. The van der Waals surface area contributed by atoms with Gasteiger partial charge in [0, 0.05) is 45.4 Å². The molecule has 0 saturated carbocycles. The van der Waals surface area contributed by atoms with E-state index in [4.69, 9.17) is 0 Å². The van der Waals surface area contributed by atoms with Crippen LogP contribution < -0.4 is 0 Å². The normalized spacial score (nSPS) is 8.80. The van der Waals surface area contributed by atoms with E-state index in [9.17, 15) is 0 Å². The number of hydrogen-bond acceptors (Lipinski definition) is 0. The lowest BCUT2D eigenvalue weighted by Crippen LogP contribution is -2.24. The highest BCUT2D eigenvalue weighted by molar-refractivity contribution is 7.57. The van der Waals surface area contributed by atoms with Crippen molar-refractivity contribution in [2.75, 3.05) is 0 Å². The minimum Gasteiger partial charge on any atom is -0.108 e. The van der Waals surface area contributed by atoms with Crippen LogP contribution in [0.1, 0.15) is 22.7 Å². The highest BCUT2D eigenvalue weighted by atomic mass is 13.8. The average Bonchev–Trinajstić information content (AvgIpc) is 2.29. The third-order valence-electron chi connectivity index (χ3n) is 2.91. The molecule has 15 heavy (non-hydrogen) atoms. The molecule has 94 valence electrons. The van der Waals surface area contributed by atoms with Gasteiger partial charge in [0.25, 0.3) is 0 Å². The van der Waals surface area contributed by atoms with Crippen LogP contribution in [-0.4, -0.2) is 50.4 Å². The standard InChI is InChI=1S/C8H17B7.12H2/c9-12-14-15-13-11-7-10-6-8-4-2-1-3-5-8;;;;;;;;;;;;/h1-5,10-15H,6-7,9H2;12*1H. The summed E-state index contributed by atoms with van der Waals surface area (Å²) >= 11 is 0. The summed E-state index contributed by atoms with van der Waals surface area (Å²) in [5.74, 6) is 0. The molecule has 0 spiro atoms. The molecule has 0 aliphatic carbocycles. The summed E-state index contributed by atoms with van der Waals surface area (Å²) in [6, 6.07) is 10.8. The third kappa shape index (κ3) is 6.70. The summed E-state index contributed by atoms with van der Waals surface area (Å²) in [4.78, 5) is 0. The summed E-state index contributed by atoms with van der Waals surface area (Å²) in [5.41, 5.74) is 1.49. The molecule has 1 aromatic carbocycles. The predicted molar refractivity (Wildman–Crippen MR) is 112 cm³/mol. The minimum absolute atomic E-state index is 0. The lowest BCUT2D eigenvalue weighted by Gasteiger charge is -1.98. The molecule has 0 amide bonds. The van der Waals surface area contributed by atoms with Gasteiger partial charge in [0.05, 0.1) is 14.9 Å². The van der Waals surface area contributed by atoms with Gasteiger partial charge in [-0.1, -0.05) is 42.2 Å². The van der Waals surface area contributed by atoms with Crippen LogP contribution in [0.3, 0.4) is 0 Å². The second-order valence-electron chi connectivity index (χ2n) is 4.36. The maximum atomic E-state index is 2.27. The van der Waals surface area contributed by atoms with Gasteiger partial charge < -0.3 is 0 Å². The Labute approximate surface area is 117 Å². The summed E-state index contributed by atoms with van der Waals surface area (Å²) in [6.07, 6.45) is 2.66. The first-order valence-electron chi connectivity index (χ1n) is 6.47. The summed E-state index contributed by atoms with van der Waals surface area (Å²) in [6.45, 7) is 0. The monoisotopic (exact) mass is 214 g/mol. The molecule has 1 aromatic rings. The molecular weight excluding hydrogens is 172 g/mol. The number of rotatable bonds is 8. The van der Waals surface area contributed by atoms with Gasteiger partial charge in [-0.3, -0.25) is 0 Å². The SMILES string of the molecule is BBBBBBCBCc1ccccc1.[HH].[HH].[HH].[HH].[HH].[HH].[HH].[HH].[HH].[HH].[HH].[HH]. The van der Waals surface area contributed by atoms with E-state index in [-0.39, 0.29) is 17.1 Å². The van der Waals surface area contributed by atoms with Crippen LogP contribution in [0.5, 0.6) is 0 Å². The molecule has 0 radical (unpaired) electrons. The molecule has 0 unspecified atom stereocenters. The van der Waals surface area contributed by atoms with Crippen molar-refractivity contribution in [3.8, 4) is 0 Å². The van der Waals surface area contributed by atoms with Crippen LogP contribution in [0.15, 0.2) is 30.3 Å². The average molecular weight is 213 g/mol. The fourth-order valence-corrected chi connectivity index (χ4v) is 1.93. The zero-order valence-corrected chi connectivity index (χ0v) is 10.0. The van der Waals surface area contributed by atoms with Gasteiger partial charge in [0.15, 0.2) is 0 Å². The Morgan fingerprint density at radius 3 is 2.60 bits per heavy atom. The first-order valence-corrected chi connectivity index (χ1v) is 6.47. The lowest BCUT2D eigenvalue weighted by atomic mass is 8.98. The van der Waals surface area contributed by atoms with Crippen LogP contribution in [-0.2, 0) is 6.32 Å². The maximum absolute atomic E-state index is 2.27. The molecule has 0 heterocycles. The number of benzene rings is 1. The van der Waals surface area contributed by atoms with Crippen LogP contribution in [0.25, 0.3) is 0 Å². The van der Waals surface area contributed by atoms with E-state index in [0.717, 1.165) is 0 Å². The van der Waals surface area contributed by atoms with Gasteiger partial charge in [-0.2, -0.15) is 0 Å². The highest BCUT2D eigenvalue weighted by Crippen LogP contribution is 1.98. The Hall–Kier alpha value is -0.325.